The SMILES string of the molecule is CC(CCO)CNC(=O)CCN1CCCC1. The molecular formula is C12H24N2O2. The number of carbonyl (C=O) groups excluding carboxylic acids is 1. The van der Waals surface area contributed by atoms with Crippen LogP contribution in [0.5, 0.6) is 0 Å². The standard InChI is InChI=1S/C12H24N2O2/c1-11(5-9-15)10-13-12(16)4-8-14-6-2-3-7-14/h11,15H,2-10H2,1H3,(H,13,16). The van der Waals surface area contributed by atoms with E-state index in [4.69, 9.17) is 5.11 Å². The lowest BCUT2D eigenvalue weighted by Gasteiger charge is -2.15. The van der Waals surface area contributed by atoms with Crippen molar-refractivity contribution in [3.63, 3.8) is 0 Å². The first-order valence-electron chi connectivity index (χ1n) is 6.32. The maximum atomic E-state index is 11.5. The molecule has 0 aromatic carbocycles. The van der Waals surface area contributed by atoms with Crippen molar-refractivity contribution in [2.45, 2.75) is 32.6 Å². The second-order valence-corrected chi connectivity index (χ2v) is 4.72. The van der Waals surface area contributed by atoms with Gasteiger partial charge in [0.1, 0.15) is 0 Å². The fraction of sp³-hybridized carbons (Fsp3) is 0.917. The number of aliphatic hydroxyl groups excluding tert-OH is 1. The molecule has 16 heavy (non-hydrogen) atoms. The topological polar surface area (TPSA) is 52.6 Å². The van der Waals surface area contributed by atoms with E-state index in [1.165, 1.54) is 12.8 Å². The minimum Gasteiger partial charge on any atom is -0.396 e. The molecule has 1 fully saturated rings. The van der Waals surface area contributed by atoms with E-state index in [2.05, 4.69) is 10.2 Å². The molecule has 1 aliphatic heterocycles. The summed E-state index contributed by atoms with van der Waals surface area (Å²) in [7, 11) is 0. The summed E-state index contributed by atoms with van der Waals surface area (Å²) in [5.41, 5.74) is 0. The van der Waals surface area contributed by atoms with Crippen molar-refractivity contribution in [2.75, 3.05) is 32.8 Å². The zero-order valence-electron chi connectivity index (χ0n) is 10.2. The average Bonchev–Trinajstić information content (AvgIpc) is 2.77. The Morgan fingerprint density at radius 2 is 2.12 bits per heavy atom. The Kier molecular flexibility index (Phi) is 6.42. The molecule has 0 bridgehead atoms. The molecule has 94 valence electrons. The van der Waals surface area contributed by atoms with E-state index in [1.807, 2.05) is 6.92 Å². The van der Waals surface area contributed by atoms with Crippen molar-refractivity contribution in [1.82, 2.24) is 10.2 Å². The van der Waals surface area contributed by atoms with Gasteiger partial charge in [0, 0.05) is 26.1 Å². The number of carbonyl (C=O) groups is 1. The lowest BCUT2D eigenvalue weighted by atomic mass is 10.1. The third-order valence-corrected chi connectivity index (χ3v) is 3.12. The predicted molar refractivity (Wildman–Crippen MR) is 64.2 cm³/mol. The Hall–Kier alpha value is -0.610. The Morgan fingerprint density at radius 3 is 2.75 bits per heavy atom. The smallest absolute Gasteiger partial charge is 0.221 e. The van der Waals surface area contributed by atoms with Gasteiger partial charge in [-0.2, -0.15) is 0 Å². The summed E-state index contributed by atoms with van der Waals surface area (Å²) in [5.74, 6) is 0.498. The van der Waals surface area contributed by atoms with Crippen molar-refractivity contribution in [1.29, 1.82) is 0 Å². The van der Waals surface area contributed by atoms with E-state index in [9.17, 15) is 4.79 Å². The van der Waals surface area contributed by atoms with Crippen molar-refractivity contribution in [2.24, 2.45) is 5.92 Å². The first kappa shape index (κ1) is 13.5. The number of nitrogens with one attached hydrogen (secondary N) is 1. The summed E-state index contributed by atoms with van der Waals surface area (Å²) in [6, 6.07) is 0. The summed E-state index contributed by atoms with van der Waals surface area (Å²) in [6.07, 6.45) is 3.91. The van der Waals surface area contributed by atoms with Gasteiger partial charge in [-0.25, -0.2) is 0 Å². The third-order valence-electron chi connectivity index (χ3n) is 3.12. The monoisotopic (exact) mass is 228 g/mol. The number of aliphatic hydroxyl groups is 1. The van der Waals surface area contributed by atoms with Crippen molar-refractivity contribution in [3.05, 3.63) is 0 Å². The van der Waals surface area contributed by atoms with Gasteiger partial charge in [-0.1, -0.05) is 6.92 Å². The van der Waals surface area contributed by atoms with E-state index >= 15 is 0 Å². The predicted octanol–water partition coefficient (Wildman–Crippen LogP) is 0.607. The lowest BCUT2D eigenvalue weighted by Crippen LogP contribution is -2.32. The quantitative estimate of drug-likeness (QED) is 0.671. The van der Waals surface area contributed by atoms with E-state index in [-0.39, 0.29) is 12.5 Å². The first-order valence-corrected chi connectivity index (χ1v) is 6.32. The molecule has 0 spiro atoms. The zero-order chi connectivity index (χ0) is 11.8. The molecule has 1 atom stereocenters. The van der Waals surface area contributed by atoms with Crippen LogP contribution < -0.4 is 5.32 Å². The third kappa shape index (κ3) is 5.47. The van der Waals surface area contributed by atoms with Gasteiger partial charge in [0.05, 0.1) is 0 Å². The number of amides is 1. The first-order chi connectivity index (χ1) is 7.72. The normalized spacial score (nSPS) is 18.6. The maximum Gasteiger partial charge on any atom is 0.221 e. The Labute approximate surface area is 98.0 Å². The summed E-state index contributed by atoms with van der Waals surface area (Å²) >= 11 is 0. The highest BCUT2D eigenvalue weighted by Gasteiger charge is 2.12. The Morgan fingerprint density at radius 1 is 1.44 bits per heavy atom. The van der Waals surface area contributed by atoms with Crippen LogP contribution in [0.3, 0.4) is 0 Å². The fourth-order valence-electron chi connectivity index (χ4n) is 1.96. The molecule has 0 aliphatic carbocycles. The van der Waals surface area contributed by atoms with Crippen molar-refractivity contribution >= 4 is 5.91 Å². The largest absolute Gasteiger partial charge is 0.396 e. The Balaban J connectivity index is 2.01. The van der Waals surface area contributed by atoms with Crippen molar-refractivity contribution in [3.8, 4) is 0 Å². The van der Waals surface area contributed by atoms with Crippen LogP contribution in [-0.2, 0) is 4.79 Å². The highest BCUT2D eigenvalue weighted by molar-refractivity contribution is 5.76. The molecule has 4 heteroatoms. The second kappa shape index (κ2) is 7.63. The number of likely N-dealkylation sites (tertiary alicyclic amines) is 1. The van der Waals surface area contributed by atoms with Gasteiger partial charge in [0.2, 0.25) is 5.91 Å². The van der Waals surface area contributed by atoms with Crippen LogP contribution in [0, 0.1) is 5.92 Å². The molecule has 2 N–H and O–H groups in total. The average molecular weight is 228 g/mol. The van der Waals surface area contributed by atoms with E-state index < -0.39 is 0 Å². The van der Waals surface area contributed by atoms with Crippen molar-refractivity contribution < 1.29 is 9.90 Å². The highest BCUT2D eigenvalue weighted by atomic mass is 16.3. The van der Waals surface area contributed by atoms with Gasteiger partial charge in [0.15, 0.2) is 0 Å². The summed E-state index contributed by atoms with van der Waals surface area (Å²) in [4.78, 5) is 13.9. The minimum atomic E-state index is 0.136. The van der Waals surface area contributed by atoms with Gasteiger partial charge < -0.3 is 15.3 Å². The molecule has 1 saturated heterocycles. The van der Waals surface area contributed by atoms with Gasteiger partial charge in [-0.3, -0.25) is 4.79 Å². The van der Waals surface area contributed by atoms with Crippen LogP contribution in [0.4, 0.5) is 0 Å². The molecule has 1 amide bonds. The fourth-order valence-corrected chi connectivity index (χ4v) is 1.96. The summed E-state index contributed by atoms with van der Waals surface area (Å²) in [6.45, 7) is 6.10. The van der Waals surface area contributed by atoms with Crippen LogP contribution in [0.1, 0.15) is 32.6 Å². The summed E-state index contributed by atoms with van der Waals surface area (Å²) in [5, 5.41) is 11.6. The molecule has 0 aromatic heterocycles. The molecule has 1 rings (SSSR count). The van der Waals surface area contributed by atoms with Crippen LogP contribution in [0.15, 0.2) is 0 Å². The molecule has 1 unspecified atom stereocenters. The number of hydrogen-bond acceptors (Lipinski definition) is 3. The van der Waals surface area contributed by atoms with E-state index in [0.717, 1.165) is 26.1 Å². The van der Waals surface area contributed by atoms with Gasteiger partial charge in [-0.15, -0.1) is 0 Å². The zero-order valence-corrected chi connectivity index (χ0v) is 10.2. The molecule has 0 saturated carbocycles. The van der Waals surface area contributed by atoms with Crippen LogP contribution >= 0.6 is 0 Å². The summed E-state index contributed by atoms with van der Waals surface area (Å²) < 4.78 is 0. The molecule has 4 nitrogen and oxygen atoms in total. The minimum absolute atomic E-state index is 0.136. The Bertz CT molecular complexity index is 203. The van der Waals surface area contributed by atoms with Crippen LogP contribution in [-0.4, -0.2) is 48.7 Å². The van der Waals surface area contributed by atoms with Crippen LogP contribution in [0.2, 0.25) is 0 Å². The number of nitrogens with zero attached hydrogens (tertiary/aromatic N) is 1. The van der Waals surface area contributed by atoms with Gasteiger partial charge in [0.25, 0.3) is 0 Å². The lowest BCUT2D eigenvalue weighted by molar-refractivity contribution is -0.121. The van der Waals surface area contributed by atoms with Crippen LogP contribution in [0.25, 0.3) is 0 Å². The van der Waals surface area contributed by atoms with Gasteiger partial charge in [-0.05, 0) is 38.3 Å². The molecule has 1 heterocycles. The molecule has 0 radical (unpaired) electrons. The van der Waals surface area contributed by atoms with E-state index in [0.29, 0.717) is 18.9 Å². The maximum absolute atomic E-state index is 11.5. The second-order valence-electron chi connectivity index (χ2n) is 4.72. The molecule has 0 aromatic rings. The van der Waals surface area contributed by atoms with Gasteiger partial charge >= 0.3 is 0 Å². The number of hydrogen-bond donors (Lipinski definition) is 2. The molecule has 1 aliphatic rings. The highest BCUT2D eigenvalue weighted by Crippen LogP contribution is 2.07. The molecular weight excluding hydrogens is 204 g/mol. The van der Waals surface area contributed by atoms with E-state index in [1.54, 1.807) is 0 Å². The number of rotatable bonds is 7.